The minimum atomic E-state index is 0.711. The van der Waals surface area contributed by atoms with Gasteiger partial charge in [-0.3, -0.25) is 9.47 Å². The molecule has 5 nitrogen and oxygen atoms in total. The summed E-state index contributed by atoms with van der Waals surface area (Å²) in [6.45, 7) is 7.84. The van der Waals surface area contributed by atoms with Crippen molar-refractivity contribution in [1.29, 1.82) is 0 Å². The Labute approximate surface area is 119 Å². The van der Waals surface area contributed by atoms with E-state index < -0.39 is 0 Å². The minimum absolute atomic E-state index is 0.711. The van der Waals surface area contributed by atoms with E-state index >= 15 is 0 Å². The fraction of sp³-hybridized carbons (Fsp3) is 0.846. The molecule has 6 heteroatoms. The molecule has 1 N–H and O–H groups in total. The van der Waals surface area contributed by atoms with Crippen LogP contribution >= 0.6 is 12.2 Å². The first kappa shape index (κ1) is 13.1. The van der Waals surface area contributed by atoms with Gasteiger partial charge in [-0.25, -0.2) is 5.10 Å². The highest BCUT2D eigenvalue weighted by Gasteiger charge is 2.30. The highest BCUT2D eigenvalue weighted by atomic mass is 32.1. The van der Waals surface area contributed by atoms with Crippen molar-refractivity contribution in [2.45, 2.75) is 45.2 Å². The summed E-state index contributed by atoms with van der Waals surface area (Å²) in [5.41, 5.74) is 0. The monoisotopic (exact) mass is 281 g/mol. The molecule has 0 saturated carbocycles. The van der Waals surface area contributed by atoms with Crippen molar-refractivity contribution < 1.29 is 0 Å². The number of nitrogens with zero attached hydrogens (tertiary/aromatic N) is 4. The average Bonchev–Trinajstić information content (AvgIpc) is 2.93. The summed E-state index contributed by atoms with van der Waals surface area (Å²) in [4.78, 5) is 5.07. The lowest BCUT2D eigenvalue weighted by Gasteiger charge is -2.26. The molecule has 0 spiro atoms. The smallest absolute Gasteiger partial charge is 0.225 e. The third-order valence-corrected chi connectivity index (χ3v) is 4.58. The molecule has 2 aliphatic rings. The third kappa shape index (κ3) is 2.56. The van der Waals surface area contributed by atoms with Crippen LogP contribution in [0.1, 0.15) is 32.6 Å². The Kier molecular flexibility index (Phi) is 3.88. The van der Waals surface area contributed by atoms with Crippen LogP contribution in [0.5, 0.6) is 0 Å². The summed E-state index contributed by atoms with van der Waals surface area (Å²) >= 11 is 5.34. The summed E-state index contributed by atoms with van der Waals surface area (Å²) in [6.07, 6.45) is 4.99. The number of fused-ring (bicyclic) bond motifs is 1. The second kappa shape index (κ2) is 5.63. The Hall–Kier alpha value is -0.880. The van der Waals surface area contributed by atoms with Gasteiger partial charge in [-0.05, 0) is 44.4 Å². The zero-order valence-corrected chi connectivity index (χ0v) is 12.5. The summed E-state index contributed by atoms with van der Waals surface area (Å²) in [7, 11) is 0. The molecule has 0 aliphatic carbocycles. The maximum Gasteiger partial charge on any atom is 0.225 e. The molecule has 1 unspecified atom stereocenters. The predicted octanol–water partition coefficient (Wildman–Crippen LogP) is 2.03. The molecule has 3 rings (SSSR count). The lowest BCUT2D eigenvalue weighted by molar-refractivity contribution is 0.273. The van der Waals surface area contributed by atoms with Crippen LogP contribution in [0.25, 0.3) is 0 Å². The zero-order chi connectivity index (χ0) is 13.2. The van der Waals surface area contributed by atoms with Crippen molar-refractivity contribution in [3.8, 4) is 0 Å². The fourth-order valence-electron chi connectivity index (χ4n) is 3.36. The van der Waals surface area contributed by atoms with Crippen molar-refractivity contribution in [1.82, 2.24) is 19.7 Å². The molecule has 0 aromatic carbocycles. The second-order valence-electron chi connectivity index (χ2n) is 5.61. The van der Waals surface area contributed by atoms with Gasteiger partial charge in [0.25, 0.3) is 0 Å². The van der Waals surface area contributed by atoms with Crippen molar-refractivity contribution >= 4 is 18.2 Å². The number of H-pyrrole nitrogens is 1. The topological polar surface area (TPSA) is 40.1 Å². The molecular weight excluding hydrogens is 258 g/mol. The normalized spacial score (nSPS) is 24.5. The van der Waals surface area contributed by atoms with Crippen LogP contribution in [0.2, 0.25) is 0 Å². The molecule has 2 fully saturated rings. The molecule has 2 saturated heterocycles. The first-order valence-corrected chi connectivity index (χ1v) is 7.84. The van der Waals surface area contributed by atoms with Gasteiger partial charge in [0.15, 0.2) is 4.77 Å². The Balaban J connectivity index is 1.82. The molecule has 106 valence electrons. The van der Waals surface area contributed by atoms with Gasteiger partial charge < -0.3 is 4.90 Å². The quantitative estimate of drug-likeness (QED) is 0.861. The van der Waals surface area contributed by atoms with E-state index in [9.17, 15) is 0 Å². The van der Waals surface area contributed by atoms with Gasteiger partial charge in [-0.1, -0.05) is 6.92 Å². The van der Waals surface area contributed by atoms with Crippen molar-refractivity contribution in [3.05, 3.63) is 4.77 Å². The molecule has 1 aromatic rings. The summed E-state index contributed by atoms with van der Waals surface area (Å²) in [5.74, 6) is 1.04. The maximum absolute atomic E-state index is 5.34. The van der Waals surface area contributed by atoms with Gasteiger partial charge in [0.2, 0.25) is 5.95 Å². The van der Waals surface area contributed by atoms with Crippen LogP contribution < -0.4 is 4.90 Å². The number of aromatic nitrogens is 3. The summed E-state index contributed by atoms with van der Waals surface area (Å²) < 4.78 is 2.91. The first-order chi connectivity index (χ1) is 9.29. The van der Waals surface area contributed by atoms with Gasteiger partial charge in [0.05, 0.1) is 0 Å². The Morgan fingerprint density at radius 3 is 3.00 bits per heavy atom. The molecule has 1 aromatic heterocycles. The van der Waals surface area contributed by atoms with E-state index in [4.69, 9.17) is 12.2 Å². The maximum atomic E-state index is 5.34. The molecule has 0 radical (unpaired) electrons. The van der Waals surface area contributed by atoms with E-state index in [-0.39, 0.29) is 0 Å². The van der Waals surface area contributed by atoms with E-state index in [2.05, 4.69) is 31.5 Å². The van der Waals surface area contributed by atoms with Gasteiger partial charge in [0, 0.05) is 32.2 Å². The van der Waals surface area contributed by atoms with Crippen LogP contribution in [0.3, 0.4) is 0 Å². The van der Waals surface area contributed by atoms with E-state index in [0.29, 0.717) is 6.04 Å². The number of hydrogen-bond acceptors (Lipinski definition) is 4. The minimum Gasteiger partial charge on any atom is -0.339 e. The van der Waals surface area contributed by atoms with Crippen molar-refractivity contribution in [2.24, 2.45) is 0 Å². The highest BCUT2D eigenvalue weighted by Crippen LogP contribution is 2.24. The van der Waals surface area contributed by atoms with Crippen LogP contribution in [0.15, 0.2) is 0 Å². The Bertz CT molecular complexity index is 480. The van der Waals surface area contributed by atoms with Gasteiger partial charge in [0.1, 0.15) is 0 Å². The lowest BCUT2D eigenvalue weighted by atomic mass is 10.2. The SMILES string of the molecule is CCCn1c(N2CCCN3CCCC3C2)n[nH]c1=S. The lowest BCUT2D eigenvalue weighted by Crippen LogP contribution is -2.37. The van der Waals surface area contributed by atoms with Gasteiger partial charge in [-0.2, -0.15) is 0 Å². The first-order valence-electron chi connectivity index (χ1n) is 7.44. The molecule has 0 bridgehead atoms. The van der Waals surface area contributed by atoms with Crippen molar-refractivity contribution in [3.63, 3.8) is 0 Å². The van der Waals surface area contributed by atoms with Crippen molar-refractivity contribution in [2.75, 3.05) is 31.1 Å². The molecule has 3 heterocycles. The third-order valence-electron chi connectivity index (χ3n) is 4.27. The van der Waals surface area contributed by atoms with Gasteiger partial charge in [-0.15, -0.1) is 5.10 Å². The summed E-state index contributed by atoms with van der Waals surface area (Å²) in [5, 5.41) is 7.43. The van der Waals surface area contributed by atoms with Crippen LogP contribution in [0, 0.1) is 4.77 Å². The number of anilines is 1. The summed E-state index contributed by atoms with van der Waals surface area (Å²) in [6, 6.07) is 0.711. The molecule has 19 heavy (non-hydrogen) atoms. The Morgan fingerprint density at radius 2 is 2.16 bits per heavy atom. The van der Waals surface area contributed by atoms with E-state index in [1.807, 2.05) is 0 Å². The van der Waals surface area contributed by atoms with Crippen LogP contribution in [-0.2, 0) is 6.54 Å². The number of nitrogens with one attached hydrogen (secondary N) is 1. The molecule has 2 aliphatic heterocycles. The molecule has 1 atom stereocenters. The molecule has 0 amide bonds. The standard InChI is InChI=1S/C13H23N5S/c1-2-6-18-12(14-15-13(18)19)17-9-4-8-16-7-3-5-11(16)10-17/h11H,2-10H2,1H3,(H,15,19). The zero-order valence-electron chi connectivity index (χ0n) is 11.6. The van der Waals surface area contributed by atoms with E-state index in [1.54, 1.807) is 0 Å². The van der Waals surface area contributed by atoms with Crippen LogP contribution in [0.4, 0.5) is 5.95 Å². The van der Waals surface area contributed by atoms with E-state index in [1.165, 1.54) is 32.4 Å². The molecular formula is C13H23N5S. The van der Waals surface area contributed by atoms with Crippen LogP contribution in [-0.4, -0.2) is 51.9 Å². The number of hydrogen-bond donors (Lipinski definition) is 1. The van der Waals surface area contributed by atoms with E-state index in [0.717, 1.165) is 36.8 Å². The highest BCUT2D eigenvalue weighted by molar-refractivity contribution is 7.71. The number of aromatic amines is 1. The number of rotatable bonds is 3. The average molecular weight is 281 g/mol. The Morgan fingerprint density at radius 1 is 1.32 bits per heavy atom. The largest absolute Gasteiger partial charge is 0.339 e. The van der Waals surface area contributed by atoms with Gasteiger partial charge >= 0.3 is 0 Å². The second-order valence-corrected chi connectivity index (χ2v) is 6.00. The predicted molar refractivity (Wildman–Crippen MR) is 79.1 cm³/mol. The fourth-order valence-corrected chi connectivity index (χ4v) is 3.58.